The second-order valence-corrected chi connectivity index (χ2v) is 6.24. The Morgan fingerprint density at radius 3 is 1.83 bits per heavy atom. The first-order chi connectivity index (χ1) is 11.1. The molecule has 1 atom stereocenters. The highest BCUT2D eigenvalue weighted by molar-refractivity contribution is 9.10. The van der Waals surface area contributed by atoms with Crippen LogP contribution >= 0.6 is 15.9 Å². The molecule has 2 aromatic carbocycles. The quantitative estimate of drug-likeness (QED) is 0.732. The molecule has 0 saturated heterocycles. The largest absolute Gasteiger partial charge is 0.352 e. The molecule has 0 heterocycles. The van der Waals surface area contributed by atoms with Crippen molar-refractivity contribution in [3.05, 3.63) is 71.8 Å². The Kier molecular flexibility index (Phi) is 6.81. The summed E-state index contributed by atoms with van der Waals surface area (Å²) in [6.07, 6.45) is 0.105. The lowest BCUT2D eigenvalue weighted by atomic mass is 10.2. The van der Waals surface area contributed by atoms with E-state index in [1.54, 1.807) is 0 Å². The van der Waals surface area contributed by atoms with Crippen LogP contribution in [0, 0.1) is 0 Å². The van der Waals surface area contributed by atoms with Gasteiger partial charge in [-0.15, -0.1) is 0 Å². The number of benzene rings is 2. The number of rotatable bonds is 7. The van der Waals surface area contributed by atoms with Crippen LogP contribution in [0.25, 0.3) is 0 Å². The smallest absolute Gasteiger partial charge is 0.234 e. The van der Waals surface area contributed by atoms with Gasteiger partial charge in [-0.2, -0.15) is 0 Å². The number of carbonyl (C=O) groups is 2. The van der Waals surface area contributed by atoms with Gasteiger partial charge in [0.2, 0.25) is 11.8 Å². The first kappa shape index (κ1) is 17.2. The molecule has 5 heteroatoms. The van der Waals surface area contributed by atoms with Crippen molar-refractivity contribution < 1.29 is 9.59 Å². The van der Waals surface area contributed by atoms with Gasteiger partial charge in [-0.1, -0.05) is 76.6 Å². The Balaban J connectivity index is 1.71. The summed E-state index contributed by atoms with van der Waals surface area (Å²) >= 11 is 3.27. The number of alkyl halides is 1. The molecule has 4 nitrogen and oxygen atoms in total. The van der Waals surface area contributed by atoms with Crippen molar-refractivity contribution in [3.63, 3.8) is 0 Å². The lowest BCUT2D eigenvalue weighted by molar-refractivity contribution is -0.126. The molecule has 0 aromatic heterocycles. The van der Waals surface area contributed by atoms with Crippen molar-refractivity contribution in [1.29, 1.82) is 0 Å². The zero-order chi connectivity index (χ0) is 16.5. The van der Waals surface area contributed by atoms with E-state index in [-0.39, 0.29) is 18.2 Å². The number of amides is 2. The number of halogens is 1. The molecule has 0 saturated carbocycles. The van der Waals surface area contributed by atoms with Gasteiger partial charge in [-0.05, 0) is 11.1 Å². The van der Waals surface area contributed by atoms with E-state index in [9.17, 15) is 9.59 Å². The first-order valence-corrected chi connectivity index (χ1v) is 8.33. The zero-order valence-electron chi connectivity index (χ0n) is 12.7. The van der Waals surface area contributed by atoms with E-state index >= 15 is 0 Å². The molecule has 0 aliphatic heterocycles. The molecule has 0 aliphatic carbocycles. The molecule has 120 valence electrons. The van der Waals surface area contributed by atoms with Gasteiger partial charge >= 0.3 is 0 Å². The van der Waals surface area contributed by atoms with Crippen molar-refractivity contribution in [1.82, 2.24) is 10.6 Å². The van der Waals surface area contributed by atoms with Crippen LogP contribution in [0.2, 0.25) is 0 Å². The summed E-state index contributed by atoms with van der Waals surface area (Å²) in [5, 5.41) is 5.62. The maximum absolute atomic E-state index is 12.0. The van der Waals surface area contributed by atoms with Gasteiger partial charge < -0.3 is 10.6 Å². The third-order valence-electron chi connectivity index (χ3n) is 3.29. The number of nitrogens with one attached hydrogen (secondary N) is 2. The Labute approximate surface area is 144 Å². The van der Waals surface area contributed by atoms with Gasteiger partial charge in [-0.3, -0.25) is 9.59 Å². The van der Waals surface area contributed by atoms with Crippen LogP contribution in [-0.2, 0) is 22.7 Å². The van der Waals surface area contributed by atoms with Gasteiger partial charge in [0.25, 0.3) is 0 Å². The number of hydrogen-bond acceptors (Lipinski definition) is 2. The van der Waals surface area contributed by atoms with Crippen LogP contribution in [0.4, 0.5) is 0 Å². The molecule has 0 bridgehead atoms. The minimum absolute atomic E-state index is 0.105. The topological polar surface area (TPSA) is 58.2 Å². The fourth-order valence-corrected chi connectivity index (χ4v) is 2.48. The summed E-state index contributed by atoms with van der Waals surface area (Å²) in [6.45, 7) is 0.915. The molecule has 0 radical (unpaired) electrons. The third kappa shape index (κ3) is 6.24. The Morgan fingerprint density at radius 2 is 1.30 bits per heavy atom. The summed E-state index contributed by atoms with van der Waals surface area (Å²) < 4.78 is 0. The minimum Gasteiger partial charge on any atom is -0.352 e. The van der Waals surface area contributed by atoms with Crippen LogP contribution in [-0.4, -0.2) is 16.6 Å². The van der Waals surface area contributed by atoms with E-state index in [0.717, 1.165) is 11.1 Å². The third-order valence-corrected chi connectivity index (χ3v) is 4.03. The standard InChI is InChI=1S/C18H19BrN2O2/c19-16(18(23)21-13-15-9-5-2-6-10-15)11-17(22)20-12-14-7-3-1-4-8-14/h1-10,16H,11-13H2,(H,20,22)(H,21,23). The normalized spacial score (nSPS) is 11.5. The highest BCUT2D eigenvalue weighted by Gasteiger charge is 2.18. The molecular formula is C18H19BrN2O2. The van der Waals surface area contributed by atoms with E-state index in [0.29, 0.717) is 13.1 Å². The predicted molar refractivity (Wildman–Crippen MR) is 93.9 cm³/mol. The second kappa shape index (κ2) is 9.10. The first-order valence-electron chi connectivity index (χ1n) is 7.41. The highest BCUT2D eigenvalue weighted by atomic mass is 79.9. The lowest BCUT2D eigenvalue weighted by Gasteiger charge is -2.11. The summed E-state index contributed by atoms with van der Waals surface area (Å²) in [5.74, 6) is -0.352. The fraction of sp³-hybridized carbons (Fsp3) is 0.222. The van der Waals surface area contributed by atoms with E-state index in [1.807, 2.05) is 60.7 Å². The van der Waals surface area contributed by atoms with Gasteiger partial charge in [-0.25, -0.2) is 0 Å². The molecule has 2 rings (SSSR count). The molecule has 1 unspecified atom stereocenters. The van der Waals surface area contributed by atoms with Crippen molar-refractivity contribution >= 4 is 27.7 Å². The van der Waals surface area contributed by atoms with Crippen LogP contribution < -0.4 is 10.6 Å². The van der Waals surface area contributed by atoms with E-state index in [1.165, 1.54) is 0 Å². The van der Waals surface area contributed by atoms with Gasteiger partial charge in [0, 0.05) is 19.5 Å². The van der Waals surface area contributed by atoms with Gasteiger partial charge in [0.1, 0.15) is 4.83 Å². The van der Waals surface area contributed by atoms with E-state index in [2.05, 4.69) is 26.6 Å². The Morgan fingerprint density at radius 1 is 0.826 bits per heavy atom. The molecule has 23 heavy (non-hydrogen) atoms. The molecule has 2 N–H and O–H groups in total. The Hall–Kier alpha value is -2.14. The molecule has 0 fully saturated rings. The van der Waals surface area contributed by atoms with Gasteiger partial charge in [0.15, 0.2) is 0 Å². The average molecular weight is 375 g/mol. The molecule has 2 amide bonds. The summed E-state index contributed by atoms with van der Waals surface area (Å²) in [4.78, 5) is 23.3. The number of hydrogen-bond donors (Lipinski definition) is 2. The van der Waals surface area contributed by atoms with Crippen LogP contribution in [0.3, 0.4) is 0 Å². The molecule has 2 aromatic rings. The zero-order valence-corrected chi connectivity index (χ0v) is 14.3. The summed E-state index contributed by atoms with van der Waals surface area (Å²) in [7, 11) is 0. The van der Waals surface area contributed by atoms with Crippen LogP contribution in [0.1, 0.15) is 17.5 Å². The van der Waals surface area contributed by atoms with E-state index < -0.39 is 4.83 Å². The minimum atomic E-state index is -0.540. The van der Waals surface area contributed by atoms with E-state index in [4.69, 9.17) is 0 Å². The SMILES string of the molecule is O=C(CC(Br)C(=O)NCc1ccccc1)NCc1ccccc1. The fourth-order valence-electron chi connectivity index (χ4n) is 2.02. The Bertz CT molecular complexity index is 632. The second-order valence-electron chi connectivity index (χ2n) is 5.14. The molecule has 0 aliphatic rings. The number of carbonyl (C=O) groups excluding carboxylic acids is 2. The lowest BCUT2D eigenvalue weighted by Crippen LogP contribution is -2.35. The summed E-state index contributed by atoms with van der Waals surface area (Å²) in [6, 6.07) is 19.3. The highest BCUT2D eigenvalue weighted by Crippen LogP contribution is 2.07. The molecule has 0 spiro atoms. The molecular weight excluding hydrogens is 356 g/mol. The maximum atomic E-state index is 12.0. The van der Waals surface area contributed by atoms with Crippen molar-refractivity contribution in [3.8, 4) is 0 Å². The van der Waals surface area contributed by atoms with Crippen molar-refractivity contribution in [2.24, 2.45) is 0 Å². The maximum Gasteiger partial charge on any atom is 0.234 e. The monoisotopic (exact) mass is 374 g/mol. The summed E-state index contributed by atoms with van der Waals surface area (Å²) in [5.41, 5.74) is 2.05. The predicted octanol–water partition coefficient (Wildman–Crippen LogP) is 2.77. The van der Waals surface area contributed by atoms with Crippen molar-refractivity contribution in [2.75, 3.05) is 0 Å². The van der Waals surface area contributed by atoms with Crippen LogP contribution in [0.15, 0.2) is 60.7 Å². The average Bonchev–Trinajstić information content (AvgIpc) is 2.59. The van der Waals surface area contributed by atoms with Gasteiger partial charge in [0.05, 0.1) is 0 Å². The van der Waals surface area contributed by atoms with Crippen LogP contribution in [0.5, 0.6) is 0 Å². The van der Waals surface area contributed by atoms with Crippen molar-refractivity contribution in [2.45, 2.75) is 24.3 Å².